The van der Waals surface area contributed by atoms with Gasteiger partial charge in [0.2, 0.25) is 0 Å². The minimum atomic E-state index is 0.401. The SMILES string of the molecule is CCNC(=NCC(c1ccccc1)N1CCCC1)NC1CC1. The molecule has 4 nitrogen and oxygen atoms in total. The zero-order valence-electron chi connectivity index (χ0n) is 13.6. The van der Waals surface area contributed by atoms with Crippen LogP contribution in [0, 0.1) is 0 Å². The van der Waals surface area contributed by atoms with Crippen LogP contribution in [0.3, 0.4) is 0 Å². The zero-order chi connectivity index (χ0) is 15.2. The number of nitrogens with zero attached hydrogens (tertiary/aromatic N) is 2. The topological polar surface area (TPSA) is 39.7 Å². The molecular formula is C18H28N4. The predicted octanol–water partition coefficient (Wildman–Crippen LogP) is 2.54. The van der Waals surface area contributed by atoms with E-state index >= 15 is 0 Å². The van der Waals surface area contributed by atoms with Crippen molar-refractivity contribution in [1.29, 1.82) is 0 Å². The summed E-state index contributed by atoms with van der Waals surface area (Å²) in [5.41, 5.74) is 1.38. The predicted molar refractivity (Wildman–Crippen MR) is 92.1 cm³/mol. The van der Waals surface area contributed by atoms with Crippen molar-refractivity contribution in [3.8, 4) is 0 Å². The van der Waals surface area contributed by atoms with Crippen LogP contribution in [-0.2, 0) is 0 Å². The third-order valence-corrected chi connectivity index (χ3v) is 4.45. The molecule has 1 aliphatic carbocycles. The molecule has 1 unspecified atom stereocenters. The summed E-state index contributed by atoms with van der Waals surface area (Å²) in [6, 6.07) is 11.9. The van der Waals surface area contributed by atoms with Gasteiger partial charge in [0.05, 0.1) is 12.6 Å². The third-order valence-electron chi connectivity index (χ3n) is 4.45. The molecule has 1 aromatic carbocycles. The van der Waals surface area contributed by atoms with E-state index < -0.39 is 0 Å². The average molecular weight is 300 g/mol. The molecule has 1 saturated carbocycles. The highest BCUT2D eigenvalue weighted by Gasteiger charge is 2.25. The minimum Gasteiger partial charge on any atom is -0.357 e. The molecule has 22 heavy (non-hydrogen) atoms. The lowest BCUT2D eigenvalue weighted by molar-refractivity contribution is 0.251. The van der Waals surface area contributed by atoms with Gasteiger partial charge in [-0.15, -0.1) is 0 Å². The highest BCUT2D eigenvalue weighted by molar-refractivity contribution is 5.80. The van der Waals surface area contributed by atoms with E-state index in [0.29, 0.717) is 12.1 Å². The van der Waals surface area contributed by atoms with Crippen LogP contribution in [0.2, 0.25) is 0 Å². The fraction of sp³-hybridized carbons (Fsp3) is 0.611. The molecule has 1 heterocycles. The van der Waals surface area contributed by atoms with Crippen LogP contribution in [0.1, 0.15) is 44.2 Å². The van der Waals surface area contributed by atoms with E-state index in [4.69, 9.17) is 4.99 Å². The molecule has 0 aromatic heterocycles. The lowest BCUT2D eigenvalue weighted by Crippen LogP contribution is -2.39. The second-order valence-electron chi connectivity index (χ2n) is 6.31. The van der Waals surface area contributed by atoms with E-state index in [2.05, 4.69) is 52.8 Å². The molecule has 1 atom stereocenters. The maximum Gasteiger partial charge on any atom is 0.191 e. The summed E-state index contributed by atoms with van der Waals surface area (Å²) in [5.74, 6) is 0.977. The van der Waals surface area contributed by atoms with Gasteiger partial charge in [-0.3, -0.25) is 9.89 Å². The van der Waals surface area contributed by atoms with Crippen molar-refractivity contribution in [2.45, 2.75) is 44.7 Å². The molecule has 0 bridgehead atoms. The lowest BCUT2D eigenvalue weighted by Gasteiger charge is -2.27. The molecule has 1 aromatic rings. The number of nitrogens with one attached hydrogen (secondary N) is 2. The smallest absolute Gasteiger partial charge is 0.191 e. The monoisotopic (exact) mass is 300 g/mol. The number of benzene rings is 1. The molecule has 2 fully saturated rings. The quantitative estimate of drug-likeness (QED) is 0.626. The first-order valence-corrected chi connectivity index (χ1v) is 8.70. The number of likely N-dealkylation sites (tertiary alicyclic amines) is 1. The van der Waals surface area contributed by atoms with Gasteiger partial charge < -0.3 is 10.6 Å². The number of aliphatic imine (C=N–C) groups is 1. The van der Waals surface area contributed by atoms with Gasteiger partial charge in [0.25, 0.3) is 0 Å². The van der Waals surface area contributed by atoms with Crippen LogP contribution in [0.15, 0.2) is 35.3 Å². The summed E-state index contributed by atoms with van der Waals surface area (Å²) in [7, 11) is 0. The lowest BCUT2D eigenvalue weighted by atomic mass is 10.1. The number of rotatable bonds is 6. The molecule has 0 spiro atoms. The summed E-state index contributed by atoms with van der Waals surface area (Å²) < 4.78 is 0. The Labute approximate surface area is 134 Å². The largest absolute Gasteiger partial charge is 0.357 e. The summed E-state index contributed by atoms with van der Waals surface area (Å²) in [5, 5.41) is 6.88. The molecule has 0 amide bonds. The van der Waals surface area contributed by atoms with Crippen molar-refractivity contribution in [3.63, 3.8) is 0 Å². The van der Waals surface area contributed by atoms with E-state index in [1.54, 1.807) is 0 Å². The van der Waals surface area contributed by atoms with Crippen molar-refractivity contribution in [3.05, 3.63) is 35.9 Å². The minimum absolute atomic E-state index is 0.401. The van der Waals surface area contributed by atoms with Crippen molar-refractivity contribution in [2.24, 2.45) is 4.99 Å². The van der Waals surface area contributed by atoms with Gasteiger partial charge in [-0.05, 0) is 51.3 Å². The summed E-state index contributed by atoms with van der Waals surface area (Å²) >= 11 is 0. The van der Waals surface area contributed by atoms with Gasteiger partial charge in [0.15, 0.2) is 5.96 Å². The fourth-order valence-electron chi connectivity index (χ4n) is 3.08. The molecule has 4 heteroatoms. The van der Waals surface area contributed by atoms with Crippen molar-refractivity contribution in [1.82, 2.24) is 15.5 Å². The molecule has 1 aliphatic heterocycles. The summed E-state index contributed by atoms with van der Waals surface area (Å²) in [6.45, 7) is 6.26. The highest BCUT2D eigenvalue weighted by atomic mass is 15.2. The number of hydrogen-bond acceptors (Lipinski definition) is 2. The number of guanidine groups is 1. The van der Waals surface area contributed by atoms with Crippen molar-refractivity contribution < 1.29 is 0 Å². The standard InChI is InChI=1S/C18H28N4/c1-2-19-18(21-16-10-11-16)20-14-17(22-12-6-7-13-22)15-8-4-3-5-9-15/h3-5,8-9,16-17H,2,6-7,10-14H2,1H3,(H2,19,20,21). The van der Waals surface area contributed by atoms with Crippen LogP contribution >= 0.6 is 0 Å². The Morgan fingerprint density at radius 2 is 1.95 bits per heavy atom. The summed E-state index contributed by atoms with van der Waals surface area (Å²) in [6.07, 6.45) is 5.18. The first-order chi connectivity index (χ1) is 10.9. The second kappa shape index (κ2) is 7.63. The maximum absolute atomic E-state index is 4.87. The van der Waals surface area contributed by atoms with Crippen molar-refractivity contribution in [2.75, 3.05) is 26.2 Å². The number of hydrogen-bond donors (Lipinski definition) is 2. The van der Waals surface area contributed by atoms with E-state index in [9.17, 15) is 0 Å². The van der Waals surface area contributed by atoms with E-state index in [1.165, 1.54) is 44.3 Å². The van der Waals surface area contributed by atoms with Crippen LogP contribution in [0.5, 0.6) is 0 Å². The molecule has 1 saturated heterocycles. The normalized spacial score (nSPS) is 20.9. The Hall–Kier alpha value is -1.55. The maximum atomic E-state index is 4.87. The average Bonchev–Trinajstić information content (AvgIpc) is 3.20. The van der Waals surface area contributed by atoms with Crippen molar-refractivity contribution >= 4 is 5.96 Å². The molecule has 2 aliphatic rings. The Balaban J connectivity index is 1.70. The van der Waals surface area contributed by atoms with Gasteiger partial charge in [-0.2, -0.15) is 0 Å². The first kappa shape index (κ1) is 15.3. The third kappa shape index (κ3) is 4.23. The molecule has 0 radical (unpaired) electrons. The molecule has 120 valence electrons. The van der Waals surface area contributed by atoms with Gasteiger partial charge in [-0.1, -0.05) is 30.3 Å². The van der Waals surface area contributed by atoms with Gasteiger partial charge in [-0.25, -0.2) is 0 Å². The van der Waals surface area contributed by atoms with Gasteiger partial charge in [0, 0.05) is 12.6 Å². The Morgan fingerprint density at radius 1 is 1.23 bits per heavy atom. The van der Waals surface area contributed by atoms with Crippen LogP contribution in [-0.4, -0.2) is 43.1 Å². The second-order valence-corrected chi connectivity index (χ2v) is 6.31. The first-order valence-electron chi connectivity index (χ1n) is 8.70. The highest BCUT2D eigenvalue weighted by Crippen LogP contribution is 2.25. The van der Waals surface area contributed by atoms with Crippen LogP contribution in [0.4, 0.5) is 0 Å². The van der Waals surface area contributed by atoms with E-state index in [1.807, 2.05) is 0 Å². The van der Waals surface area contributed by atoms with E-state index in [-0.39, 0.29) is 0 Å². The van der Waals surface area contributed by atoms with Gasteiger partial charge >= 0.3 is 0 Å². The molecular weight excluding hydrogens is 272 g/mol. The molecule has 3 rings (SSSR count). The Morgan fingerprint density at radius 3 is 2.59 bits per heavy atom. The van der Waals surface area contributed by atoms with Gasteiger partial charge in [0.1, 0.15) is 0 Å². The Bertz CT molecular complexity index is 475. The molecule has 2 N–H and O–H groups in total. The summed E-state index contributed by atoms with van der Waals surface area (Å²) in [4.78, 5) is 7.45. The Kier molecular flexibility index (Phi) is 5.33. The van der Waals surface area contributed by atoms with Crippen LogP contribution in [0.25, 0.3) is 0 Å². The van der Waals surface area contributed by atoms with E-state index in [0.717, 1.165) is 19.0 Å². The van der Waals surface area contributed by atoms with Crippen LogP contribution < -0.4 is 10.6 Å². The zero-order valence-corrected chi connectivity index (χ0v) is 13.6. The fourth-order valence-corrected chi connectivity index (χ4v) is 3.08.